The summed E-state index contributed by atoms with van der Waals surface area (Å²) in [5, 5.41) is 14.8. The fourth-order valence-corrected chi connectivity index (χ4v) is 2.63. The molecule has 1 saturated heterocycles. The van der Waals surface area contributed by atoms with E-state index >= 15 is 0 Å². The summed E-state index contributed by atoms with van der Waals surface area (Å²) in [5.74, 6) is 0.332. The van der Waals surface area contributed by atoms with Gasteiger partial charge in [0.05, 0.1) is 0 Å². The molecule has 5 nitrogen and oxygen atoms in total. The number of amidine groups is 1. The second-order valence-electron chi connectivity index (χ2n) is 5.53. The molecule has 0 aromatic rings. The van der Waals surface area contributed by atoms with Crippen LogP contribution >= 0.6 is 0 Å². The van der Waals surface area contributed by atoms with Gasteiger partial charge in [-0.3, -0.25) is 0 Å². The van der Waals surface area contributed by atoms with Crippen LogP contribution in [-0.4, -0.2) is 48.2 Å². The summed E-state index contributed by atoms with van der Waals surface area (Å²) in [6.45, 7) is 6.96. The zero-order valence-electron chi connectivity index (χ0n) is 12.3. The quantitative estimate of drug-likeness (QED) is 0.196. The van der Waals surface area contributed by atoms with Crippen LogP contribution in [0, 0.1) is 0 Å². The Morgan fingerprint density at radius 3 is 2.84 bits per heavy atom. The van der Waals surface area contributed by atoms with Gasteiger partial charge in [-0.2, -0.15) is 0 Å². The highest BCUT2D eigenvalue weighted by molar-refractivity contribution is 5.79. The first kappa shape index (κ1) is 16.2. The Labute approximate surface area is 117 Å². The van der Waals surface area contributed by atoms with Gasteiger partial charge in [0.2, 0.25) is 0 Å². The van der Waals surface area contributed by atoms with E-state index in [-0.39, 0.29) is 0 Å². The summed E-state index contributed by atoms with van der Waals surface area (Å²) in [4.78, 5) is 2.61. The van der Waals surface area contributed by atoms with Crippen LogP contribution in [0.25, 0.3) is 0 Å². The summed E-state index contributed by atoms with van der Waals surface area (Å²) < 4.78 is 0. The molecule has 0 amide bonds. The van der Waals surface area contributed by atoms with E-state index in [0.29, 0.717) is 12.3 Å². The van der Waals surface area contributed by atoms with Gasteiger partial charge in [0.25, 0.3) is 0 Å². The third-order valence-electron chi connectivity index (χ3n) is 3.90. The molecule has 0 saturated carbocycles. The summed E-state index contributed by atoms with van der Waals surface area (Å²) >= 11 is 0. The molecule has 1 aliphatic heterocycles. The Morgan fingerprint density at radius 2 is 2.11 bits per heavy atom. The van der Waals surface area contributed by atoms with Crippen molar-refractivity contribution in [2.24, 2.45) is 10.9 Å². The van der Waals surface area contributed by atoms with Gasteiger partial charge in [-0.15, -0.1) is 0 Å². The van der Waals surface area contributed by atoms with Crippen molar-refractivity contribution >= 4 is 5.84 Å². The third-order valence-corrected chi connectivity index (χ3v) is 3.90. The normalized spacial score (nSPS) is 21.7. The molecular weight excluding hydrogens is 240 g/mol. The zero-order chi connectivity index (χ0) is 13.9. The van der Waals surface area contributed by atoms with Gasteiger partial charge in [-0.1, -0.05) is 11.6 Å². The number of likely N-dealkylation sites (tertiary alicyclic amines) is 1. The molecule has 5 heteroatoms. The number of piperidine rings is 1. The lowest BCUT2D eigenvalue weighted by molar-refractivity contribution is 0.159. The maximum Gasteiger partial charge on any atom is 0.139 e. The Bertz CT molecular complexity index is 258. The molecule has 1 heterocycles. The number of hydrogen-bond acceptors (Lipinski definition) is 4. The first-order chi connectivity index (χ1) is 9.24. The SMILES string of the molecule is CC1CCCCN1CCCNCCCCC(N)=NO. The minimum Gasteiger partial charge on any atom is -0.409 e. The highest BCUT2D eigenvalue weighted by Crippen LogP contribution is 2.15. The van der Waals surface area contributed by atoms with Crippen molar-refractivity contribution in [3.8, 4) is 0 Å². The van der Waals surface area contributed by atoms with Gasteiger partial charge in [-0.05, 0) is 65.2 Å². The minimum atomic E-state index is 0.332. The van der Waals surface area contributed by atoms with Crippen LogP contribution in [-0.2, 0) is 0 Å². The zero-order valence-corrected chi connectivity index (χ0v) is 12.3. The molecule has 0 radical (unpaired) electrons. The largest absolute Gasteiger partial charge is 0.409 e. The van der Waals surface area contributed by atoms with Crippen LogP contribution in [0.2, 0.25) is 0 Å². The van der Waals surface area contributed by atoms with Crippen molar-refractivity contribution in [1.29, 1.82) is 0 Å². The van der Waals surface area contributed by atoms with Crippen LogP contribution in [0.15, 0.2) is 5.16 Å². The van der Waals surface area contributed by atoms with Gasteiger partial charge in [-0.25, -0.2) is 0 Å². The maximum atomic E-state index is 8.40. The Hall–Kier alpha value is -0.810. The van der Waals surface area contributed by atoms with Crippen LogP contribution in [0.5, 0.6) is 0 Å². The van der Waals surface area contributed by atoms with Crippen molar-refractivity contribution in [1.82, 2.24) is 10.2 Å². The summed E-state index contributed by atoms with van der Waals surface area (Å²) in [7, 11) is 0. The number of rotatable bonds is 9. The number of nitrogens with one attached hydrogen (secondary N) is 1. The van der Waals surface area contributed by atoms with Crippen molar-refractivity contribution in [3.05, 3.63) is 0 Å². The molecule has 4 N–H and O–H groups in total. The number of nitrogens with two attached hydrogens (primary N) is 1. The lowest BCUT2D eigenvalue weighted by atomic mass is 10.0. The predicted octanol–water partition coefficient (Wildman–Crippen LogP) is 1.76. The number of unbranched alkanes of at least 4 members (excludes halogenated alkanes) is 1. The standard InChI is InChI=1S/C14H30N4O/c1-13-7-3-5-11-18(13)12-6-10-16-9-4-2-8-14(15)17-19/h13,16,19H,2-12H2,1H3,(H2,15,17). The topological polar surface area (TPSA) is 73.9 Å². The summed E-state index contributed by atoms with van der Waals surface area (Å²) in [6, 6.07) is 0.773. The predicted molar refractivity (Wildman–Crippen MR) is 79.6 cm³/mol. The van der Waals surface area contributed by atoms with Crippen LogP contribution < -0.4 is 11.1 Å². The van der Waals surface area contributed by atoms with Gasteiger partial charge in [0.1, 0.15) is 5.84 Å². The number of nitrogens with zero attached hydrogens (tertiary/aromatic N) is 2. The Morgan fingerprint density at radius 1 is 1.32 bits per heavy atom. The molecule has 0 aliphatic carbocycles. The first-order valence-electron chi connectivity index (χ1n) is 7.65. The average Bonchev–Trinajstić information content (AvgIpc) is 2.43. The van der Waals surface area contributed by atoms with Crippen molar-refractivity contribution in [2.75, 3.05) is 26.2 Å². The molecule has 1 unspecified atom stereocenters. The van der Waals surface area contributed by atoms with E-state index in [9.17, 15) is 0 Å². The van der Waals surface area contributed by atoms with Crippen molar-refractivity contribution < 1.29 is 5.21 Å². The molecule has 1 fully saturated rings. The third kappa shape index (κ3) is 7.38. The minimum absolute atomic E-state index is 0.332. The summed E-state index contributed by atoms with van der Waals surface area (Å²) in [6.07, 6.45) is 8.10. The van der Waals surface area contributed by atoms with E-state index < -0.39 is 0 Å². The molecule has 1 atom stereocenters. The average molecular weight is 270 g/mol. The molecule has 19 heavy (non-hydrogen) atoms. The molecule has 0 spiro atoms. The highest BCUT2D eigenvalue weighted by Gasteiger charge is 2.16. The summed E-state index contributed by atoms with van der Waals surface area (Å²) in [5.41, 5.74) is 5.41. The molecule has 0 bridgehead atoms. The van der Waals surface area contributed by atoms with E-state index in [1.54, 1.807) is 0 Å². The van der Waals surface area contributed by atoms with Crippen LogP contribution in [0.3, 0.4) is 0 Å². The molecule has 1 rings (SSSR count). The van der Waals surface area contributed by atoms with E-state index in [1.165, 1.54) is 38.8 Å². The number of hydrogen-bond donors (Lipinski definition) is 3. The van der Waals surface area contributed by atoms with Crippen molar-refractivity contribution in [2.45, 2.75) is 57.9 Å². The van der Waals surface area contributed by atoms with Gasteiger partial charge in [0, 0.05) is 12.5 Å². The maximum absolute atomic E-state index is 8.40. The second-order valence-corrected chi connectivity index (χ2v) is 5.53. The first-order valence-corrected chi connectivity index (χ1v) is 7.65. The van der Waals surface area contributed by atoms with E-state index in [4.69, 9.17) is 10.9 Å². The lowest BCUT2D eigenvalue weighted by Crippen LogP contribution is -2.38. The van der Waals surface area contributed by atoms with E-state index in [2.05, 4.69) is 22.3 Å². The van der Waals surface area contributed by atoms with E-state index in [0.717, 1.165) is 32.0 Å². The van der Waals surface area contributed by atoms with Gasteiger partial charge in [0.15, 0.2) is 0 Å². The second kappa shape index (κ2) is 10.0. The fourth-order valence-electron chi connectivity index (χ4n) is 2.63. The van der Waals surface area contributed by atoms with Crippen LogP contribution in [0.1, 0.15) is 51.9 Å². The number of oxime groups is 1. The molecule has 0 aromatic heterocycles. The Balaban J connectivity index is 1.88. The molecule has 1 aliphatic rings. The monoisotopic (exact) mass is 270 g/mol. The molecule has 0 aromatic carbocycles. The smallest absolute Gasteiger partial charge is 0.139 e. The fraction of sp³-hybridized carbons (Fsp3) is 0.929. The highest BCUT2D eigenvalue weighted by atomic mass is 16.4. The van der Waals surface area contributed by atoms with Gasteiger partial charge < -0.3 is 21.2 Å². The molecular formula is C14H30N4O. The molecule has 112 valence electrons. The van der Waals surface area contributed by atoms with Crippen LogP contribution in [0.4, 0.5) is 0 Å². The van der Waals surface area contributed by atoms with Crippen molar-refractivity contribution in [3.63, 3.8) is 0 Å². The van der Waals surface area contributed by atoms with E-state index in [1.807, 2.05) is 0 Å². The Kier molecular flexibility index (Phi) is 8.58. The lowest BCUT2D eigenvalue weighted by Gasteiger charge is -2.33. The van der Waals surface area contributed by atoms with Gasteiger partial charge >= 0.3 is 0 Å².